The summed E-state index contributed by atoms with van der Waals surface area (Å²) >= 11 is 0. The second kappa shape index (κ2) is 5.83. The molecule has 2 aromatic rings. The Bertz CT molecular complexity index is 394. The van der Waals surface area contributed by atoms with Crippen LogP contribution >= 0.6 is 0 Å². The maximum absolute atomic E-state index is 2.32. The van der Waals surface area contributed by atoms with Crippen molar-refractivity contribution in [1.29, 1.82) is 0 Å². The minimum absolute atomic E-state index is 0.599. The van der Waals surface area contributed by atoms with E-state index in [0.29, 0.717) is 0 Å². The standard InChI is InChI=1S/C16H19Si/c1-14(2)13-17(15-9-5-3-6-10-15)16-11-7-4-8-12-16/h3-12,14H,13H2,1-2H3. The van der Waals surface area contributed by atoms with Gasteiger partial charge in [-0.1, -0.05) is 84.9 Å². The molecule has 0 saturated carbocycles. The monoisotopic (exact) mass is 239 g/mol. The summed E-state index contributed by atoms with van der Waals surface area (Å²) in [4.78, 5) is 0. The third-order valence-electron chi connectivity index (χ3n) is 2.86. The van der Waals surface area contributed by atoms with E-state index < -0.39 is 8.80 Å². The topological polar surface area (TPSA) is 0 Å². The minimum Gasteiger partial charge on any atom is -0.0630 e. The summed E-state index contributed by atoms with van der Waals surface area (Å²) < 4.78 is 0. The Hall–Kier alpha value is -1.34. The van der Waals surface area contributed by atoms with E-state index in [9.17, 15) is 0 Å². The van der Waals surface area contributed by atoms with E-state index in [1.165, 1.54) is 16.4 Å². The predicted octanol–water partition coefficient (Wildman–Crippen LogP) is 2.95. The molecule has 0 unspecified atom stereocenters. The Morgan fingerprint density at radius 2 is 1.18 bits per heavy atom. The molecule has 0 atom stereocenters. The van der Waals surface area contributed by atoms with E-state index in [-0.39, 0.29) is 0 Å². The van der Waals surface area contributed by atoms with Crippen LogP contribution in [-0.4, -0.2) is 8.80 Å². The fraction of sp³-hybridized carbons (Fsp3) is 0.250. The second-order valence-electron chi connectivity index (χ2n) is 4.81. The molecule has 0 fully saturated rings. The fourth-order valence-electron chi connectivity index (χ4n) is 2.09. The molecule has 0 amide bonds. The van der Waals surface area contributed by atoms with Gasteiger partial charge in [0.05, 0.1) is 0 Å². The summed E-state index contributed by atoms with van der Waals surface area (Å²) in [5.41, 5.74) is 0. The van der Waals surface area contributed by atoms with Gasteiger partial charge in [-0.15, -0.1) is 0 Å². The number of hydrogen-bond acceptors (Lipinski definition) is 0. The van der Waals surface area contributed by atoms with E-state index in [0.717, 1.165) is 5.92 Å². The molecule has 0 aromatic heterocycles. The lowest BCUT2D eigenvalue weighted by Gasteiger charge is -2.17. The van der Waals surface area contributed by atoms with E-state index >= 15 is 0 Å². The third-order valence-corrected chi connectivity index (χ3v) is 6.14. The molecule has 0 bridgehead atoms. The van der Waals surface area contributed by atoms with E-state index in [1.807, 2.05) is 0 Å². The van der Waals surface area contributed by atoms with Crippen LogP contribution in [0.25, 0.3) is 0 Å². The molecule has 0 nitrogen and oxygen atoms in total. The molecule has 1 heteroatoms. The van der Waals surface area contributed by atoms with Crippen molar-refractivity contribution in [3.05, 3.63) is 60.7 Å². The summed E-state index contributed by atoms with van der Waals surface area (Å²) in [6.07, 6.45) is 0. The quantitative estimate of drug-likeness (QED) is 0.720. The zero-order valence-electron chi connectivity index (χ0n) is 10.6. The van der Waals surface area contributed by atoms with Crippen LogP contribution in [0.15, 0.2) is 60.7 Å². The third kappa shape index (κ3) is 3.30. The SMILES string of the molecule is CC(C)C[Si](c1ccccc1)c1ccccc1. The Balaban J connectivity index is 2.32. The summed E-state index contributed by atoms with van der Waals surface area (Å²) in [6.45, 7) is 4.63. The van der Waals surface area contributed by atoms with Gasteiger partial charge in [0, 0.05) is 0 Å². The molecule has 0 N–H and O–H groups in total. The van der Waals surface area contributed by atoms with Gasteiger partial charge < -0.3 is 0 Å². The highest BCUT2D eigenvalue weighted by atomic mass is 28.3. The molecule has 2 rings (SSSR count). The van der Waals surface area contributed by atoms with Gasteiger partial charge >= 0.3 is 0 Å². The van der Waals surface area contributed by atoms with Crippen molar-refractivity contribution in [1.82, 2.24) is 0 Å². The van der Waals surface area contributed by atoms with Crippen molar-refractivity contribution < 1.29 is 0 Å². The van der Waals surface area contributed by atoms with Crippen LogP contribution in [0.2, 0.25) is 6.04 Å². The number of rotatable bonds is 4. The molecule has 0 aliphatic rings. The molecule has 0 aliphatic heterocycles. The first-order chi connectivity index (χ1) is 8.27. The van der Waals surface area contributed by atoms with Gasteiger partial charge in [-0.2, -0.15) is 0 Å². The summed E-state index contributed by atoms with van der Waals surface area (Å²) in [5.74, 6) is 0.754. The van der Waals surface area contributed by atoms with Crippen LogP contribution in [0.1, 0.15) is 13.8 Å². The van der Waals surface area contributed by atoms with Crippen molar-refractivity contribution in [3.8, 4) is 0 Å². The van der Waals surface area contributed by atoms with E-state index in [2.05, 4.69) is 74.5 Å². The highest BCUT2D eigenvalue weighted by molar-refractivity contribution is 6.85. The van der Waals surface area contributed by atoms with Crippen molar-refractivity contribution >= 4 is 19.2 Å². The lowest BCUT2D eigenvalue weighted by molar-refractivity contribution is 0.729. The largest absolute Gasteiger partial charge is 0.121 e. The first kappa shape index (κ1) is 12.1. The normalized spacial score (nSPS) is 11.1. The molecule has 0 aliphatic carbocycles. The van der Waals surface area contributed by atoms with Crippen molar-refractivity contribution in [3.63, 3.8) is 0 Å². The highest BCUT2D eigenvalue weighted by Gasteiger charge is 2.17. The van der Waals surface area contributed by atoms with Gasteiger partial charge in [0.2, 0.25) is 0 Å². The summed E-state index contributed by atoms with van der Waals surface area (Å²) in [6, 6.07) is 23.3. The average Bonchev–Trinajstić information content (AvgIpc) is 2.38. The number of hydrogen-bond donors (Lipinski definition) is 0. The maximum Gasteiger partial charge on any atom is 0.121 e. The average molecular weight is 239 g/mol. The fourth-order valence-corrected chi connectivity index (χ4v) is 4.90. The Kier molecular flexibility index (Phi) is 4.16. The van der Waals surface area contributed by atoms with Gasteiger partial charge in [0.25, 0.3) is 0 Å². The second-order valence-corrected chi connectivity index (χ2v) is 7.33. The van der Waals surface area contributed by atoms with Gasteiger partial charge in [-0.05, 0) is 12.0 Å². The molecule has 87 valence electrons. The van der Waals surface area contributed by atoms with Crippen LogP contribution in [0.3, 0.4) is 0 Å². The van der Waals surface area contributed by atoms with Crippen molar-refractivity contribution in [2.75, 3.05) is 0 Å². The molecular formula is C16H19Si. The summed E-state index contributed by atoms with van der Waals surface area (Å²) in [7, 11) is -0.599. The lowest BCUT2D eigenvalue weighted by Crippen LogP contribution is -2.42. The van der Waals surface area contributed by atoms with E-state index in [4.69, 9.17) is 0 Å². The Labute approximate surface area is 106 Å². The maximum atomic E-state index is 2.32. The van der Waals surface area contributed by atoms with Crippen molar-refractivity contribution in [2.45, 2.75) is 19.9 Å². The van der Waals surface area contributed by atoms with Gasteiger partial charge in [0.15, 0.2) is 0 Å². The first-order valence-electron chi connectivity index (χ1n) is 6.24. The van der Waals surface area contributed by atoms with Crippen LogP contribution < -0.4 is 10.4 Å². The Morgan fingerprint density at radius 1 is 0.765 bits per heavy atom. The first-order valence-corrected chi connectivity index (χ1v) is 7.94. The molecule has 0 saturated heterocycles. The van der Waals surface area contributed by atoms with Crippen LogP contribution in [0, 0.1) is 5.92 Å². The zero-order valence-corrected chi connectivity index (χ0v) is 11.6. The van der Waals surface area contributed by atoms with Gasteiger partial charge in [-0.25, -0.2) is 0 Å². The molecule has 0 spiro atoms. The molecule has 1 radical (unpaired) electrons. The Morgan fingerprint density at radius 3 is 1.53 bits per heavy atom. The molecule has 0 heterocycles. The van der Waals surface area contributed by atoms with Crippen LogP contribution in [-0.2, 0) is 0 Å². The predicted molar refractivity (Wildman–Crippen MR) is 77.6 cm³/mol. The zero-order chi connectivity index (χ0) is 12.1. The molecule has 17 heavy (non-hydrogen) atoms. The van der Waals surface area contributed by atoms with Crippen molar-refractivity contribution in [2.24, 2.45) is 5.92 Å². The molecule has 2 aromatic carbocycles. The number of benzene rings is 2. The lowest BCUT2D eigenvalue weighted by atomic mass is 10.3. The van der Waals surface area contributed by atoms with Crippen LogP contribution in [0.4, 0.5) is 0 Å². The minimum atomic E-state index is -0.599. The summed E-state index contributed by atoms with van der Waals surface area (Å²) in [5, 5.41) is 3.05. The van der Waals surface area contributed by atoms with Crippen LogP contribution in [0.5, 0.6) is 0 Å². The smallest absolute Gasteiger partial charge is 0.0630 e. The van der Waals surface area contributed by atoms with Gasteiger partial charge in [-0.3, -0.25) is 0 Å². The highest BCUT2D eigenvalue weighted by Crippen LogP contribution is 2.06. The van der Waals surface area contributed by atoms with E-state index in [1.54, 1.807) is 0 Å². The van der Waals surface area contributed by atoms with Gasteiger partial charge in [0.1, 0.15) is 8.80 Å². The molecular weight excluding hydrogens is 220 g/mol.